The van der Waals surface area contributed by atoms with Crippen molar-refractivity contribution in [2.45, 2.75) is 18.9 Å². The van der Waals surface area contributed by atoms with Crippen molar-refractivity contribution in [3.05, 3.63) is 62.0 Å². The largest absolute Gasteiger partial charge is 0.377 e. The molecule has 0 aliphatic heterocycles. The minimum atomic E-state index is 0.277. The summed E-state index contributed by atoms with van der Waals surface area (Å²) >= 11 is 6.97. The van der Waals surface area contributed by atoms with E-state index >= 15 is 0 Å². The maximum Gasteiger partial charge on any atom is 0.101 e. The van der Waals surface area contributed by atoms with Crippen molar-refractivity contribution >= 4 is 37.5 Å². The van der Waals surface area contributed by atoms with Crippen molar-refractivity contribution in [1.82, 2.24) is 0 Å². The van der Waals surface area contributed by atoms with Crippen LogP contribution in [0, 0.1) is 11.3 Å². The summed E-state index contributed by atoms with van der Waals surface area (Å²) in [5.74, 6) is 0. The fraction of sp³-hybridized carbons (Fsp3) is 0.188. The van der Waals surface area contributed by atoms with Crippen LogP contribution in [0.1, 0.15) is 29.2 Å². The molecule has 20 heavy (non-hydrogen) atoms. The van der Waals surface area contributed by atoms with Gasteiger partial charge in [0.05, 0.1) is 17.3 Å². The van der Waals surface area contributed by atoms with Crippen molar-refractivity contribution in [3.63, 3.8) is 0 Å². The number of nitrogens with one attached hydrogen (secondary N) is 1. The van der Waals surface area contributed by atoms with Gasteiger partial charge in [0.1, 0.15) is 6.07 Å². The lowest BCUT2D eigenvalue weighted by molar-refractivity contribution is 0.761. The van der Waals surface area contributed by atoms with E-state index in [4.69, 9.17) is 0 Å². The molecular formula is C16H12Br2N2. The first-order valence-electron chi connectivity index (χ1n) is 6.42. The molecule has 2 aromatic carbocycles. The maximum absolute atomic E-state index is 9.20. The topological polar surface area (TPSA) is 35.8 Å². The number of halogens is 2. The van der Waals surface area contributed by atoms with Crippen LogP contribution >= 0.6 is 31.9 Å². The van der Waals surface area contributed by atoms with Gasteiger partial charge < -0.3 is 5.32 Å². The Bertz CT molecular complexity index is 704. The number of fused-ring (bicyclic) bond motifs is 1. The molecule has 1 aliphatic carbocycles. The molecule has 2 aromatic rings. The summed E-state index contributed by atoms with van der Waals surface area (Å²) < 4.78 is 2.10. The molecule has 0 spiro atoms. The van der Waals surface area contributed by atoms with E-state index in [-0.39, 0.29) is 6.04 Å². The van der Waals surface area contributed by atoms with Crippen LogP contribution in [0.3, 0.4) is 0 Å². The first kappa shape index (κ1) is 13.7. The monoisotopic (exact) mass is 390 g/mol. The fourth-order valence-electron chi connectivity index (χ4n) is 2.66. The fourth-order valence-corrected chi connectivity index (χ4v) is 3.43. The minimum absolute atomic E-state index is 0.277. The summed E-state index contributed by atoms with van der Waals surface area (Å²) in [5.41, 5.74) is 4.28. The van der Waals surface area contributed by atoms with Gasteiger partial charge in [0.15, 0.2) is 0 Å². The number of anilines is 1. The van der Waals surface area contributed by atoms with Crippen LogP contribution in [-0.4, -0.2) is 0 Å². The Morgan fingerprint density at radius 1 is 1.10 bits per heavy atom. The molecule has 0 saturated carbocycles. The lowest BCUT2D eigenvalue weighted by Gasteiger charge is -2.17. The van der Waals surface area contributed by atoms with Gasteiger partial charge in [-0.3, -0.25) is 0 Å². The van der Waals surface area contributed by atoms with Crippen molar-refractivity contribution in [2.24, 2.45) is 0 Å². The number of aryl methyl sites for hydroxylation is 1. The number of benzene rings is 2. The summed E-state index contributed by atoms with van der Waals surface area (Å²) in [7, 11) is 0. The molecular weight excluding hydrogens is 380 g/mol. The molecule has 4 heteroatoms. The van der Waals surface area contributed by atoms with E-state index < -0.39 is 0 Å². The first-order valence-corrected chi connectivity index (χ1v) is 8.00. The molecule has 1 atom stereocenters. The second-order valence-corrected chi connectivity index (χ2v) is 6.71. The second kappa shape index (κ2) is 5.59. The average molecular weight is 392 g/mol. The van der Waals surface area contributed by atoms with Crippen molar-refractivity contribution in [1.29, 1.82) is 5.26 Å². The van der Waals surface area contributed by atoms with Crippen molar-refractivity contribution in [3.8, 4) is 6.07 Å². The highest BCUT2D eigenvalue weighted by Gasteiger charge is 2.23. The summed E-state index contributed by atoms with van der Waals surface area (Å²) in [6.45, 7) is 0. The lowest BCUT2D eigenvalue weighted by atomic mass is 10.1. The van der Waals surface area contributed by atoms with Crippen LogP contribution in [0.25, 0.3) is 0 Å². The average Bonchev–Trinajstić information content (AvgIpc) is 2.81. The zero-order valence-corrected chi connectivity index (χ0v) is 13.8. The smallest absolute Gasteiger partial charge is 0.101 e. The van der Waals surface area contributed by atoms with Gasteiger partial charge >= 0.3 is 0 Å². The van der Waals surface area contributed by atoms with Gasteiger partial charge in [0.25, 0.3) is 0 Å². The molecule has 1 unspecified atom stereocenters. The van der Waals surface area contributed by atoms with E-state index in [0.717, 1.165) is 27.5 Å². The third-order valence-corrected chi connectivity index (χ3v) is 4.60. The normalized spacial score (nSPS) is 16.6. The Labute approximate surface area is 135 Å². The molecule has 0 heterocycles. The number of nitriles is 1. The van der Waals surface area contributed by atoms with E-state index in [1.54, 1.807) is 0 Å². The number of hydrogen-bond acceptors (Lipinski definition) is 2. The van der Waals surface area contributed by atoms with Gasteiger partial charge in [-0.25, -0.2) is 0 Å². The van der Waals surface area contributed by atoms with Gasteiger partial charge in [-0.1, -0.05) is 37.9 Å². The predicted molar refractivity (Wildman–Crippen MR) is 87.7 cm³/mol. The summed E-state index contributed by atoms with van der Waals surface area (Å²) in [5, 5.41) is 12.7. The molecule has 1 aliphatic rings. The maximum atomic E-state index is 9.20. The highest BCUT2D eigenvalue weighted by molar-refractivity contribution is 9.10. The first-order chi connectivity index (χ1) is 9.67. The molecule has 0 aromatic heterocycles. The second-order valence-electron chi connectivity index (χ2n) is 4.88. The molecule has 0 amide bonds. The Hall–Kier alpha value is -1.31. The standard InChI is InChI=1S/C16H12Br2N2/c17-12-4-5-14-10(7-12)2-6-15(14)20-16-8-13(18)3-1-11(16)9-19/h1,3-5,7-8,15,20H,2,6H2. The Morgan fingerprint density at radius 3 is 2.65 bits per heavy atom. The van der Waals surface area contributed by atoms with Crippen LogP contribution in [0.15, 0.2) is 45.3 Å². The van der Waals surface area contributed by atoms with Crippen LogP contribution in [0.4, 0.5) is 5.69 Å². The number of nitrogens with zero attached hydrogens (tertiary/aromatic N) is 1. The third kappa shape index (κ3) is 2.61. The number of hydrogen-bond donors (Lipinski definition) is 1. The lowest BCUT2D eigenvalue weighted by Crippen LogP contribution is -2.08. The zero-order valence-electron chi connectivity index (χ0n) is 10.7. The minimum Gasteiger partial charge on any atom is -0.377 e. The van der Waals surface area contributed by atoms with Crippen molar-refractivity contribution in [2.75, 3.05) is 5.32 Å². The van der Waals surface area contributed by atoms with Crippen LogP contribution in [0.2, 0.25) is 0 Å². The predicted octanol–water partition coefficient (Wildman–Crippen LogP) is 5.18. The molecule has 0 radical (unpaired) electrons. The van der Waals surface area contributed by atoms with E-state index in [1.807, 2.05) is 18.2 Å². The zero-order chi connectivity index (χ0) is 14.1. The quantitative estimate of drug-likeness (QED) is 0.765. The van der Waals surface area contributed by atoms with Crippen LogP contribution in [-0.2, 0) is 6.42 Å². The van der Waals surface area contributed by atoms with Crippen LogP contribution < -0.4 is 5.32 Å². The van der Waals surface area contributed by atoms with Gasteiger partial charge in [0, 0.05) is 8.95 Å². The third-order valence-electron chi connectivity index (χ3n) is 3.61. The van der Waals surface area contributed by atoms with Gasteiger partial charge in [0.2, 0.25) is 0 Å². The molecule has 1 N–H and O–H groups in total. The molecule has 2 nitrogen and oxygen atoms in total. The number of rotatable bonds is 2. The van der Waals surface area contributed by atoms with E-state index in [9.17, 15) is 5.26 Å². The Kier molecular flexibility index (Phi) is 3.82. The van der Waals surface area contributed by atoms with E-state index in [2.05, 4.69) is 61.4 Å². The molecule has 0 fully saturated rings. The van der Waals surface area contributed by atoms with Gasteiger partial charge in [-0.05, 0) is 54.3 Å². The summed E-state index contributed by atoms with van der Waals surface area (Å²) in [6.07, 6.45) is 2.13. The van der Waals surface area contributed by atoms with E-state index in [0.29, 0.717) is 5.56 Å². The van der Waals surface area contributed by atoms with Crippen molar-refractivity contribution < 1.29 is 0 Å². The summed E-state index contributed by atoms with van der Waals surface area (Å²) in [4.78, 5) is 0. The Morgan fingerprint density at radius 2 is 1.85 bits per heavy atom. The SMILES string of the molecule is N#Cc1ccc(Br)cc1NC1CCc2cc(Br)ccc21. The van der Waals surface area contributed by atoms with Gasteiger partial charge in [-0.2, -0.15) is 5.26 Å². The molecule has 0 bridgehead atoms. The highest BCUT2D eigenvalue weighted by atomic mass is 79.9. The highest BCUT2D eigenvalue weighted by Crippen LogP contribution is 2.36. The van der Waals surface area contributed by atoms with E-state index in [1.165, 1.54) is 11.1 Å². The summed E-state index contributed by atoms with van der Waals surface area (Å²) in [6, 6.07) is 14.6. The molecule has 100 valence electrons. The van der Waals surface area contributed by atoms with Gasteiger partial charge in [-0.15, -0.1) is 0 Å². The molecule has 3 rings (SSSR count). The Balaban J connectivity index is 1.91. The molecule has 0 saturated heterocycles. The van der Waals surface area contributed by atoms with Crippen LogP contribution in [0.5, 0.6) is 0 Å².